The van der Waals surface area contributed by atoms with Crippen LogP contribution in [0.2, 0.25) is 0 Å². The number of aryl methyl sites for hydroxylation is 2. The molecule has 14 heavy (non-hydrogen) atoms. The largest absolute Gasteiger partial charge is 0.316 e. The first-order valence-corrected chi connectivity index (χ1v) is 5.99. The molecule has 0 saturated heterocycles. The van der Waals surface area contributed by atoms with Crippen LogP contribution in [0.1, 0.15) is 18.1 Å². The van der Waals surface area contributed by atoms with Crippen LogP contribution in [0.25, 0.3) is 0 Å². The zero-order valence-electron chi connectivity index (χ0n) is 9.42. The number of benzene rings is 1. The first-order chi connectivity index (χ1) is 6.63. The summed E-state index contributed by atoms with van der Waals surface area (Å²) < 4.78 is 0. The van der Waals surface area contributed by atoms with Crippen molar-refractivity contribution in [1.82, 2.24) is 5.32 Å². The Morgan fingerprint density at radius 2 is 2.00 bits per heavy atom. The lowest BCUT2D eigenvalue weighted by Crippen LogP contribution is -2.23. The maximum Gasteiger partial charge on any atom is 0.0132 e. The van der Waals surface area contributed by atoms with E-state index in [0.717, 1.165) is 5.75 Å². The summed E-state index contributed by atoms with van der Waals surface area (Å²) in [5.41, 5.74) is 2.75. The number of nitrogens with one attached hydrogen (secondary N) is 1. The summed E-state index contributed by atoms with van der Waals surface area (Å²) in [6.45, 7) is 6.52. The average Bonchev–Trinajstić information content (AvgIpc) is 2.19. The van der Waals surface area contributed by atoms with Gasteiger partial charge in [0.2, 0.25) is 0 Å². The van der Waals surface area contributed by atoms with Crippen LogP contribution in [0, 0.1) is 13.8 Å². The smallest absolute Gasteiger partial charge is 0.0132 e. The molecule has 1 aromatic carbocycles. The predicted octanol–water partition coefficient (Wildman–Crippen LogP) is 3.00. The number of rotatable bonds is 4. The van der Waals surface area contributed by atoms with Gasteiger partial charge in [0.05, 0.1) is 0 Å². The predicted molar refractivity (Wildman–Crippen MR) is 65.2 cm³/mol. The lowest BCUT2D eigenvalue weighted by atomic mass is 10.1. The molecule has 1 atom stereocenters. The van der Waals surface area contributed by atoms with E-state index in [2.05, 4.69) is 44.3 Å². The summed E-state index contributed by atoms with van der Waals surface area (Å²) in [4.78, 5) is 1.37. The minimum atomic E-state index is 0.571. The zero-order chi connectivity index (χ0) is 10.6. The fourth-order valence-corrected chi connectivity index (χ4v) is 2.14. The van der Waals surface area contributed by atoms with E-state index in [-0.39, 0.29) is 0 Å². The summed E-state index contributed by atoms with van der Waals surface area (Å²) >= 11 is 1.91. The fourth-order valence-electron chi connectivity index (χ4n) is 1.11. The second-order valence-corrected chi connectivity index (χ2v) is 4.84. The van der Waals surface area contributed by atoms with E-state index >= 15 is 0 Å². The van der Waals surface area contributed by atoms with Crippen molar-refractivity contribution >= 4 is 11.8 Å². The summed E-state index contributed by atoms with van der Waals surface area (Å²) in [6.07, 6.45) is 0. The van der Waals surface area contributed by atoms with Crippen LogP contribution in [-0.4, -0.2) is 18.8 Å². The van der Waals surface area contributed by atoms with Crippen molar-refractivity contribution in [2.45, 2.75) is 31.7 Å². The van der Waals surface area contributed by atoms with Crippen LogP contribution >= 0.6 is 11.8 Å². The quantitative estimate of drug-likeness (QED) is 0.765. The van der Waals surface area contributed by atoms with E-state index in [1.165, 1.54) is 16.0 Å². The highest BCUT2D eigenvalue weighted by atomic mass is 32.2. The van der Waals surface area contributed by atoms with E-state index in [1.807, 2.05) is 18.8 Å². The number of hydrogen-bond donors (Lipinski definition) is 1. The van der Waals surface area contributed by atoms with Crippen LogP contribution < -0.4 is 5.32 Å². The second-order valence-electron chi connectivity index (χ2n) is 3.75. The van der Waals surface area contributed by atoms with E-state index < -0.39 is 0 Å². The van der Waals surface area contributed by atoms with E-state index in [9.17, 15) is 0 Å². The van der Waals surface area contributed by atoms with Crippen molar-refractivity contribution in [3.63, 3.8) is 0 Å². The topological polar surface area (TPSA) is 12.0 Å². The van der Waals surface area contributed by atoms with Crippen LogP contribution in [0.15, 0.2) is 23.1 Å². The molecule has 0 heterocycles. The van der Waals surface area contributed by atoms with Crippen molar-refractivity contribution in [1.29, 1.82) is 0 Å². The normalized spacial score (nSPS) is 12.9. The highest BCUT2D eigenvalue weighted by Gasteiger charge is 2.00. The average molecular weight is 209 g/mol. The van der Waals surface area contributed by atoms with Crippen molar-refractivity contribution in [3.05, 3.63) is 29.3 Å². The maximum atomic E-state index is 3.24. The molecule has 0 radical (unpaired) electrons. The monoisotopic (exact) mass is 209 g/mol. The Kier molecular flexibility index (Phi) is 4.49. The van der Waals surface area contributed by atoms with Crippen LogP contribution in [-0.2, 0) is 0 Å². The van der Waals surface area contributed by atoms with Gasteiger partial charge in [0.15, 0.2) is 0 Å². The third-order valence-electron chi connectivity index (χ3n) is 2.47. The van der Waals surface area contributed by atoms with E-state index in [0.29, 0.717) is 6.04 Å². The molecule has 0 spiro atoms. The lowest BCUT2D eigenvalue weighted by molar-refractivity contribution is 0.677. The first kappa shape index (κ1) is 11.6. The molecule has 78 valence electrons. The Morgan fingerprint density at radius 1 is 1.29 bits per heavy atom. The third-order valence-corrected chi connectivity index (χ3v) is 3.73. The summed E-state index contributed by atoms with van der Waals surface area (Å²) in [5, 5.41) is 3.24. The SMILES string of the molecule is CNC(C)CSc1ccc(C)c(C)c1. The Balaban J connectivity index is 2.55. The highest BCUT2D eigenvalue weighted by Crippen LogP contribution is 2.21. The molecule has 1 aromatic rings. The Hall–Kier alpha value is -0.470. The molecule has 0 fully saturated rings. The summed E-state index contributed by atoms with van der Waals surface area (Å²) in [6, 6.07) is 7.24. The van der Waals surface area contributed by atoms with E-state index in [4.69, 9.17) is 0 Å². The van der Waals surface area contributed by atoms with Gasteiger partial charge in [-0.05, 0) is 51.1 Å². The van der Waals surface area contributed by atoms with Gasteiger partial charge in [0.25, 0.3) is 0 Å². The van der Waals surface area contributed by atoms with E-state index in [1.54, 1.807) is 0 Å². The van der Waals surface area contributed by atoms with Gasteiger partial charge >= 0.3 is 0 Å². The Labute approximate surface area is 91.3 Å². The molecule has 1 unspecified atom stereocenters. The second kappa shape index (κ2) is 5.42. The van der Waals surface area contributed by atoms with Crippen LogP contribution in [0.3, 0.4) is 0 Å². The lowest BCUT2D eigenvalue weighted by Gasteiger charge is -2.10. The Morgan fingerprint density at radius 3 is 2.57 bits per heavy atom. The van der Waals surface area contributed by atoms with Gasteiger partial charge in [0.1, 0.15) is 0 Å². The molecule has 1 rings (SSSR count). The molecule has 0 saturated carbocycles. The zero-order valence-corrected chi connectivity index (χ0v) is 10.2. The molecule has 2 heteroatoms. The van der Waals surface area contributed by atoms with Crippen LogP contribution in [0.5, 0.6) is 0 Å². The van der Waals surface area contributed by atoms with Gasteiger partial charge in [0, 0.05) is 16.7 Å². The molecular weight excluding hydrogens is 190 g/mol. The minimum Gasteiger partial charge on any atom is -0.316 e. The molecule has 0 aliphatic rings. The molecular formula is C12H19NS. The standard InChI is InChI=1S/C12H19NS/c1-9-5-6-12(7-10(9)2)14-8-11(3)13-4/h5-7,11,13H,8H2,1-4H3. The highest BCUT2D eigenvalue weighted by molar-refractivity contribution is 7.99. The van der Waals surface area contributed by atoms with Crippen molar-refractivity contribution in [2.75, 3.05) is 12.8 Å². The summed E-state index contributed by atoms with van der Waals surface area (Å²) in [7, 11) is 2.01. The molecule has 0 amide bonds. The fraction of sp³-hybridized carbons (Fsp3) is 0.500. The molecule has 0 aliphatic carbocycles. The Bertz CT molecular complexity index is 296. The molecule has 0 bridgehead atoms. The van der Waals surface area contributed by atoms with Gasteiger partial charge in [-0.3, -0.25) is 0 Å². The van der Waals surface area contributed by atoms with Crippen molar-refractivity contribution in [3.8, 4) is 0 Å². The molecule has 0 aliphatic heterocycles. The van der Waals surface area contributed by atoms with Gasteiger partial charge in [-0.15, -0.1) is 11.8 Å². The van der Waals surface area contributed by atoms with Gasteiger partial charge in [-0.25, -0.2) is 0 Å². The van der Waals surface area contributed by atoms with Crippen molar-refractivity contribution in [2.24, 2.45) is 0 Å². The molecule has 1 N–H and O–H groups in total. The van der Waals surface area contributed by atoms with Gasteiger partial charge < -0.3 is 5.32 Å². The summed E-state index contributed by atoms with van der Waals surface area (Å²) in [5.74, 6) is 1.12. The van der Waals surface area contributed by atoms with Gasteiger partial charge in [-0.1, -0.05) is 6.07 Å². The number of hydrogen-bond acceptors (Lipinski definition) is 2. The minimum absolute atomic E-state index is 0.571. The third kappa shape index (κ3) is 3.35. The van der Waals surface area contributed by atoms with Gasteiger partial charge in [-0.2, -0.15) is 0 Å². The molecule has 1 nitrogen and oxygen atoms in total. The molecule has 0 aromatic heterocycles. The maximum absolute atomic E-state index is 3.24. The first-order valence-electron chi connectivity index (χ1n) is 5.01. The number of thioether (sulfide) groups is 1. The van der Waals surface area contributed by atoms with Crippen LogP contribution in [0.4, 0.5) is 0 Å². The van der Waals surface area contributed by atoms with Crippen molar-refractivity contribution < 1.29 is 0 Å².